The third-order valence-corrected chi connectivity index (χ3v) is 23.7. The summed E-state index contributed by atoms with van der Waals surface area (Å²) in [6.45, 7) is 5.56. The van der Waals surface area contributed by atoms with Crippen LogP contribution < -0.4 is 0 Å². The van der Waals surface area contributed by atoms with Crippen LogP contribution in [0.15, 0.2) is 24.3 Å². The van der Waals surface area contributed by atoms with Gasteiger partial charge in [0.05, 0.1) is 13.2 Å². The van der Waals surface area contributed by atoms with Crippen molar-refractivity contribution in [2.24, 2.45) is 0 Å². The van der Waals surface area contributed by atoms with Crippen LogP contribution in [0.5, 0.6) is 0 Å². The SMILES string of the molecule is CCCCCC/C=C\CCCCCCCCCC(=O)OCC1OC(OC2C(OC(=O)CCCCCCCCCCCCCCCCCC)C(O)C(O)C(OC3OC(CO)C(O)C(O)C3O)C2OP(=O)(O)OCC(COC(=O)CCCCCCCCCCCCCCC)OC(=O)CCCCC/C=C\CCCCCCCC)C(O)C(O)C1O. The quantitative estimate of drug-likeness (QED) is 0.00889. The molecular weight excluding hydrogens is 1510 g/mol. The van der Waals surface area contributed by atoms with Crippen LogP contribution in [0, 0.1) is 0 Å². The summed E-state index contributed by atoms with van der Waals surface area (Å²) >= 11 is 0. The first-order chi connectivity index (χ1) is 56.2. The molecule has 0 bridgehead atoms. The van der Waals surface area contributed by atoms with Crippen molar-refractivity contribution in [3.63, 3.8) is 0 Å². The van der Waals surface area contributed by atoms with Gasteiger partial charge in [-0.1, -0.05) is 315 Å². The number of allylic oxidation sites excluding steroid dienone is 4. The van der Waals surface area contributed by atoms with Gasteiger partial charge in [0.1, 0.15) is 92.6 Å². The van der Waals surface area contributed by atoms with Crippen molar-refractivity contribution in [2.75, 3.05) is 26.4 Å². The van der Waals surface area contributed by atoms with Gasteiger partial charge in [-0.2, -0.15) is 0 Å². The van der Waals surface area contributed by atoms with Crippen LogP contribution in [0.1, 0.15) is 394 Å². The molecule has 2 saturated heterocycles. The van der Waals surface area contributed by atoms with E-state index in [1.54, 1.807) is 0 Å². The largest absolute Gasteiger partial charge is 0.472 e. The van der Waals surface area contributed by atoms with Crippen molar-refractivity contribution in [1.82, 2.24) is 0 Å². The topological polar surface area (TPSA) is 380 Å². The molecule has 0 aromatic carbocycles. The van der Waals surface area contributed by atoms with E-state index in [1.165, 1.54) is 161 Å². The maximum atomic E-state index is 14.9. The Morgan fingerprint density at radius 3 is 1.04 bits per heavy atom. The van der Waals surface area contributed by atoms with Crippen LogP contribution in [0.3, 0.4) is 0 Å². The summed E-state index contributed by atoms with van der Waals surface area (Å²) in [4.78, 5) is 66.4. The molecule has 25 nitrogen and oxygen atoms in total. The summed E-state index contributed by atoms with van der Waals surface area (Å²) in [5.74, 6) is -2.98. The third-order valence-electron chi connectivity index (χ3n) is 22.7. The number of aliphatic hydroxyl groups is 9. The molecule has 3 rings (SSSR count). The molecule has 3 fully saturated rings. The van der Waals surface area contributed by atoms with Gasteiger partial charge in [-0.3, -0.25) is 28.2 Å². The van der Waals surface area contributed by atoms with Crippen molar-refractivity contribution in [3.05, 3.63) is 24.3 Å². The summed E-state index contributed by atoms with van der Waals surface area (Å²) in [5.41, 5.74) is 0. The number of rotatable bonds is 75. The van der Waals surface area contributed by atoms with Gasteiger partial charge < -0.3 is 88.7 Å². The Labute approximate surface area is 698 Å². The van der Waals surface area contributed by atoms with E-state index < -0.39 is 162 Å². The second-order valence-corrected chi connectivity index (χ2v) is 34.6. The first-order valence-electron chi connectivity index (χ1n) is 46.6. The Bertz CT molecular complexity index is 2510. The van der Waals surface area contributed by atoms with Crippen molar-refractivity contribution >= 4 is 31.7 Å². The van der Waals surface area contributed by atoms with Crippen molar-refractivity contribution in [2.45, 2.75) is 498 Å². The number of phosphoric ester groups is 1. The van der Waals surface area contributed by atoms with Gasteiger partial charge in [-0.05, 0) is 77.0 Å². The predicted molar refractivity (Wildman–Crippen MR) is 449 cm³/mol. The number of carbonyl (C=O) groups is 4. The fourth-order valence-corrected chi connectivity index (χ4v) is 16.2. The average Bonchev–Trinajstić information content (AvgIpc) is 0.754. The van der Waals surface area contributed by atoms with E-state index in [2.05, 4.69) is 52.0 Å². The minimum Gasteiger partial charge on any atom is -0.463 e. The molecule has 680 valence electrons. The normalized spacial score (nSPS) is 25.2. The number of hydrogen-bond acceptors (Lipinski definition) is 24. The lowest BCUT2D eigenvalue weighted by atomic mass is 9.84. The highest BCUT2D eigenvalue weighted by molar-refractivity contribution is 7.47. The second kappa shape index (κ2) is 69.4. The summed E-state index contributed by atoms with van der Waals surface area (Å²) < 4.78 is 73.3. The smallest absolute Gasteiger partial charge is 0.463 e. The highest BCUT2D eigenvalue weighted by Gasteiger charge is 2.60. The minimum absolute atomic E-state index is 0.00936. The van der Waals surface area contributed by atoms with E-state index in [4.69, 9.17) is 46.9 Å². The number of ether oxygens (including phenoxy) is 8. The molecule has 0 spiro atoms. The molecule has 1 saturated carbocycles. The van der Waals surface area contributed by atoms with Crippen LogP contribution in [-0.2, 0) is 70.7 Å². The Kier molecular flexibility index (Phi) is 64.1. The van der Waals surface area contributed by atoms with E-state index >= 15 is 0 Å². The van der Waals surface area contributed by atoms with Crippen LogP contribution in [0.4, 0.5) is 0 Å². The molecule has 116 heavy (non-hydrogen) atoms. The molecule has 18 unspecified atom stereocenters. The number of unbranched alkanes of at least 4 members (excludes halogenated alkanes) is 47. The maximum absolute atomic E-state index is 14.9. The van der Waals surface area contributed by atoms with E-state index in [9.17, 15) is 74.6 Å². The van der Waals surface area contributed by atoms with E-state index in [1.807, 2.05) is 0 Å². The fourth-order valence-electron chi connectivity index (χ4n) is 15.2. The zero-order chi connectivity index (χ0) is 84.7. The minimum atomic E-state index is -5.81. The van der Waals surface area contributed by atoms with Crippen LogP contribution >= 0.6 is 7.82 Å². The van der Waals surface area contributed by atoms with Gasteiger partial charge in [0.15, 0.2) is 24.8 Å². The van der Waals surface area contributed by atoms with Crippen molar-refractivity contribution in [3.8, 4) is 0 Å². The van der Waals surface area contributed by atoms with Crippen LogP contribution in [-0.4, -0.2) is 205 Å². The van der Waals surface area contributed by atoms with Gasteiger partial charge in [0, 0.05) is 25.7 Å². The zero-order valence-corrected chi connectivity index (χ0v) is 73.2. The molecular formula is C90H165O25P. The molecule has 18 atom stereocenters. The van der Waals surface area contributed by atoms with Gasteiger partial charge >= 0.3 is 31.7 Å². The molecule has 2 aliphatic heterocycles. The number of aliphatic hydroxyl groups excluding tert-OH is 9. The molecule has 26 heteroatoms. The molecule has 0 aromatic heterocycles. The fraction of sp³-hybridized carbons (Fsp3) is 0.911. The van der Waals surface area contributed by atoms with Crippen molar-refractivity contribution in [1.29, 1.82) is 0 Å². The number of phosphoric acid groups is 1. The Morgan fingerprint density at radius 1 is 0.336 bits per heavy atom. The predicted octanol–water partition coefficient (Wildman–Crippen LogP) is 16.9. The highest BCUT2D eigenvalue weighted by atomic mass is 31.2. The standard InChI is InChI=1S/C90H165O25P/c1-5-9-13-17-21-25-29-33-35-37-41-45-49-53-57-61-65-76(95)112-85-81(100)82(101)86(113-89-83(102)79(98)77(96)71(66-91)110-89)88(87(85)114-90-84(103)80(99)78(97)72(111-90)69-107-74(93)63-59-55-51-47-43-40-36-34-30-26-22-18-14-10-6-2)115-116(104,105)108-68-70(109-75(94)64-60-56-52-48-44-39-32-28-24-20-16-12-8-4)67-106-73(92)62-58-54-50-46-42-38-31-27-23-19-15-11-7-3/h26,30,39,44,70-72,77-91,96-103H,5-25,27-29,31-38,40-43,45-69H2,1-4H3,(H,104,105)/b30-26-,44-39-. The molecule has 3 aliphatic rings. The first kappa shape index (κ1) is 107. The Balaban J connectivity index is 1.92. The molecule has 0 aromatic rings. The van der Waals surface area contributed by atoms with E-state index in [-0.39, 0.29) is 25.7 Å². The van der Waals surface area contributed by atoms with Gasteiger partial charge in [0.25, 0.3) is 0 Å². The third kappa shape index (κ3) is 49.3. The number of hydrogen-bond donors (Lipinski definition) is 10. The molecule has 10 N–H and O–H groups in total. The maximum Gasteiger partial charge on any atom is 0.472 e. The molecule has 0 radical (unpaired) electrons. The van der Waals surface area contributed by atoms with Crippen LogP contribution in [0.2, 0.25) is 0 Å². The molecule has 0 amide bonds. The Hall–Kier alpha value is -3.05. The first-order valence-corrected chi connectivity index (χ1v) is 48.1. The number of esters is 4. The Morgan fingerprint density at radius 2 is 0.647 bits per heavy atom. The van der Waals surface area contributed by atoms with Gasteiger partial charge in [-0.25, -0.2) is 4.57 Å². The zero-order valence-electron chi connectivity index (χ0n) is 72.3. The monoisotopic (exact) mass is 1680 g/mol. The molecule has 2 heterocycles. The molecule has 1 aliphatic carbocycles. The summed E-state index contributed by atoms with van der Waals surface area (Å²) in [6, 6.07) is 0. The second-order valence-electron chi connectivity index (χ2n) is 33.2. The van der Waals surface area contributed by atoms with Crippen molar-refractivity contribution < 1.29 is 122 Å². The van der Waals surface area contributed by atoms with Crippen LogP contribution in [0.25, 0.3) is 0 Å². The summed E-state index contributed by atoms with van der Waals surface area (Å²) in [7, 11) is -5.81. The summed E-state index contributed by atoms with van der Waals surface area (Å²) in [6.07, 6.45) is 28.9. The lowest BCUT2D eigenvalue weighted by molar-refractivity contribution is -0.360. The number of carbonyl (C=O) groups excluding carboxylic acids is 4. The van der Waals surface area contributed by atoms with Gasteiger partial charge in [-0.15, -0.1) is 0 Å². The van der Waals surface area contributed by atoms with E-state index in [0.29, 0.717) is 38.5 Å². The summed E-state index contributed by atoms with van der Waals surface area (Å²) in [5, 5.41) is 102. The lowest BCUT2D eigenvalue weighted by Crippen LogP contribution is -2.70. The average molecular weight is 1680 g/mol. The van der Waals surface area contributed by atoms with E-state index in [0.717, 1.165) is 141 Å². The van der Waals surface area contributed by atoms with Gasteiger partial charge in [0.2, 0.25) is 0 Å². The highest BCUT2D eigenvalue weighted by Crippen LogP contribution is 2.49. The lowest BCUT2D eigenvalue weighted by Gasteiger charge is -2.50.